The van der Waals surface area contributed by atoms with Crippen molar-refractivity contribution >= 4 is 0 Å². The summed E-state index contributed by atoms with van der Waals surface area (Å²) in [5, 5.41) is 0. The molecule has 0 aliphatic carbocycles. The fraction of sp³-hybridized carbons (Fsp3) is 1.00. The molecule has 0 amide bonds. The van der Waals surface area contributed by atoms with E-state index >= 15 is 0 Å². The Hall–Kier alpha value is -0.120. The second-order valence-electron chi connectivity index (χ2n) is 6.66. The summed E-state index contributed by atoms with van der Waals surface area (Å²) in [5.74, 6) is 0. The van der Waals surface area contributed by atoms with Crippen LogP contribution >= 0.6 is 0 Å². The van der Waals surface area contributed by atoms with Crippen molar-refractivity contribution in [2.75, 3.05) is 13.1 Å². The van der Waals surface area contributed by atoms with Gasteiger partial charge < -0.3 is 10.5 Å². The minimum absolute atomic E-state index is 0.164. The monoisotopic (exact) mass is 240 g/mol. The third kappa shape index (κ3) is 2.38. The Morgan fingerprint density at radius 3 is 2.24 bits per heavy atom. The quantitative estimate of drug-likeness (QED) is 0.804. The summed E-state index contributed by atoms with van der Waals surface area (Å²) in [6.45, 7) is 11.1. The topological polar surface area (TPSA) is 38.5 Å². The van der Waals surface area contributed by atoms with E-state index < -0.39 is 0 Å². The number of hydrogen-bond acceptors (Lipinski definition) is 3. The highest BCUT2D eigenvalue weighted by Gasteiger charge is 2.49. The molecule has 2 rings (SSSR count). The Kier molecular flexibility index (Phi) is 3.54. The molecule has 2 aliphatic rings. The van der Waals surface area contributed by atoms with Crippen LogP contribution in [0.1, 0.15) is 53.4 Å². The van der Waals surface area contributed by atoms with Crippen molar-refractivity contribution < 1.29 is 4.74 Å². The number of nitrogens with two attached hydrogens (primary N) is 1. The number of ether oxygens (including phenoxy) is 1. The van der Waals surface area contributed by atoms with Gasteiger partial charge in [0.2, 0.25) is 0 Å². The molecule has 0 radical (unpaired) electrons. The first-order valence-corrected chi connectivity index (χ1v) is 7.03. The number of rotatable bonds is 2. The van der Waals surface area contributed by atoms with Crippen LogP contribution in [0.25, 0.3) is 0 Å². The van der Waals surface area contributed by atoms with Crippen LogP contribution in [0.2, 0.25) is 0 Å². The Balaban J connectivity index is 2.24. The molecule has 3 heteroatoms. The van der Waals surface area contributed by atoms with Crippen molar-refractivity contribution in [2.45, 2.75) is 76.7 Å². The molecule has 2 fully saturated rings. The zero-order valence-corrected chi connectivity index (χ0v) is 11.8. The second-order valence-corrected chi connectivity index (χ2v) is 6.66. The first kappa shape index (κ1) is 13.3. The average Bonchev–Trinajstić information content (AvgIpc) is 2.57. The van der Waals surface area contributed by atoms with Gasteiger partial charge in [-0.2, -0.15) is 0 Å². The predicted octanol–water partition coefficient (Wildman–Crippen LogP) is 2.15. The summed E-state index contributed by atoms with van der Waals surface area (Å²) >= 11 is 0. The molecule has 0 bridgehead atoms. The van der Waals surface area contributed by atoms with E-state index in [4.69, 9.17) is 10.5 Å². The molecular weight excluding hydrogens is 212 g/mol. The highest BCUT2D eigenvalue weighted by Crippen LogP contribution is 2.42. The van der Waals surface area contributed by atoms with Gasteiger partial charge in [0.05, 0.1) is 12.2 Å². The molecule has 2 aliphatic heterocycles. The minimum Gasteiger partial charge on any atom is -0.375 e. The van der Waals surface area contributed by atoms with E-state index in [0.29, 0.717) is 17.7 Å². The molecule has 2 atom stereocenters. The van der Waals surface area contributed by atoms with Crippen LogP contribution in [0, 0.1) is 0 Å². The largest absolute Gasteiger partial charge is 0.375 e. The van der Waals surface area contributed by atoms with Crippen LogP contribution in [0.3, 0.4) is 0 Å². The molecule has 2 unspecified atom stereocenters. The van der Waals surface area contributed by atoms with Crippen LogP contribution in [0.15, 0.2) is 0 Å². The van der Waals surface area contributed by atoms with Gasteiger partial charge >= 0.3 is 0 Å². The summed E-state index contributed by atoms with van der Waals surface area (Å²) in [6.07, 6.45) is 5.42. The standard InChI is InChI=1S/C14H28N2O/c1-11-8-14(10-15,9-12(2)17-11)16-7-5-6-13(16,3)4/h11-12H,5-10,15H2,1-4H3. The van der Waals surface area contributed by atoms with E-state index in [1.54, 1.807) is 0 Å². The van der Waals surface area contributed by atoms with E-state index in [1.807, 2.05) is 0 Å². The lowest BCUT2D eigenvalue weighted by molar-refractivity contribution is -0.116. The lowest BCUT2D eigenvalue weighted by Gasteiger charge is -2.52. The first-order valence-electron chi connectivity index (χ1n) is 7.03. The number of hydrogen-bond donors (Lipinski definition) is 1. The Bertz CT molecular complexity index is 267. The molecule has 0 saturated carbocycles. The molecule has 100 valence electrons. The zero-order chi connectivity index (χ0) is 12.7. The van der Waals surface area contributed by atoms with Gasteiger partial charge in [-0.1, -0.05) is 0 Å². The van der Waals surface area contributed by atoms with Crippen molar-refractivity contribution in [1.29, 1.82) is 0 Å². The molecule has 2 N–H and O–H groups in total. The third-order valence-corrected chi connectivity index (χ3v) is 4.65. The fourth-order valence-corrected chi connectivity index (χ4v) is 4.13. The maximum absolute atomic E-state index is 6.17. The van der Waals surface area contributed by atoms with Crippen molar-refractivity contribution in [3.05, 3.63) is 0 Å². The maximum atomic E-state index is 6.17. The van der Waals surface area contributed by atoms with E-state index in [9.17, 15) is 0 Å². The average molecular weight is 240 g/mol. The van der Waals surface area contributed by atoms with E-state index in [2.05, 4.69) is 32.6 Å². The Labute approximate surface area is 106 Å². The second kappa shape index (κ2) is 4.52. The first-order chi connectivity index (χ1) is 7.89. The predicted molar refractivity (Wildman–Crippen MR) is 71.0 cm³/mol. The van der Waals surface area contributed by atoms with Gasteiger partial charge in [-0.05, 0) is 59.9 Å². The van der Waals surface area contributed by atoms with Crippen LogP contribution < -0.4 is 5.73 Å². The highest BCUT2D eigenvalue weighted by molar-refractivity contribution is 5.04. The molecule has 3 nitrogen and oxygen atoms in total. The van der Waals surface area contributed by atoms with Gasteiger partial charge in [-0.3, -0.25) is 4.90 Å². The highest BCUT2D eigenvalue weighted by atomic mass is 16.5. The van der Waals surface area contributed by atoms with Crippen molar-refractivity contribution in [3.8, 4) is 0 Å². The fourth-order valence-electron chi connectivity index (χ4n) is 4.13. The van der Waals surface area contributed by atoms with E-state index in [1.165, 1.54) is 19.4 Å². The molecule has 0 aromatic heterocycles. The summed E-state index contributed by atoms with van der Waals surface area (Å²) in [5.41, 5.74) is 6.63. The van der Waals surface area contributed by atoms with Gasteiger partial charge in [-0.25, -0.2) is 0 Å². The van der Waals surface area contributed by atoms with Crippen molar-refractivity contribution in [3.63, 3.8) is 0 Å². The molecule has 0 aromatic carbocycles. The van der Waals surface area contributed by atoms with Gasteiger partial charge in [0.1, 0.15) is 0 Å². The Morgan fingerprint density at radius 1 is 1.24 bits per heavy atom. The van der Waals surface area contributed by atoms with Crippen LogP contribution in [-0.4, -0.2) is 41.3 Å². The molecule has 2 heterocycles. The molecule has 0 spiro atoms. The lowest BCUT2D eigenvalue weighted by Crippen LogP contribution is -2.63. The molecule has 17 heavy (non-hydrogen) atoms. The molecular formula is C14H28N2O. The van der Waals surface area contributed by atoms with Gasteiger partial charge in [0.25, 0.3) is 0 Å². The number of likely N-dealkylation sites (tertiary alicyclic amines) is 1. The van der Waals surface area contributed by atoms with Crippen LogP contribution in [-0.2, 0) is 4.74 Å². The lowest BCUT2D eigenvalue weighted by atomic mass is 9.80. The van der Waals surface area contributed by atoms with E-state index in [0.717, 1.165) is 19.4 Å². The van der Waals surface area contributed by atoms with Crippen LogP contribution in [0.4, 0.5) is 0 Å². The third-order valence-electron chi connectivity index (χ3n) is 4.65. The van der Waals surface area contributed by atoms with Crippen molar-refractivity contribution in [1.82, 2.24) is 4.90 Å². The summed E-state index contributed by atoms with van der Waals surface area (Å²) < 4.78 is 5.89. The summed E-state index contributed by atoms with van der Waals surface area (Å²) in [4.78, 5) is 2.68. The van der Waals surface area contributed by atoms with Crippen molar-refractivity contribution in [2.24, 2.45) is 5.73 Å². The smallest absolute Gasteiger partial charge is 0.0568 e. The SMILES string of the molecule is CC1CC(CN)(N2CCCC2(C)C)CC(C)O1. The van der Waals surface area contributed by atoms with Gasteiger partial charge in [0, 0.05) is 17.6 Å². The maximum Gasteiger partial charge on any atom is 0.0568 e. The number of nitrogens with zero attached hydrogens (tertiary/aromatic N) is 1. The summed E-state index contributed by atoms with van der Waals surface area (Å²) in [6, 6.07) is 0. The Morgan fingerprint density at radius 2 is 1.82 bits per heavy atom. The summed E-state index contributed by atoms with van der Waals surface area (Å²) in [7, 11) is 0. The van der Waals surface area contributed by atoms with Crippen LogP contribution in [0.5, 0.6) is 0 Å². The molecule has 2 saturated heterocycles. The van der Waals surface area contributed by atoms with E-state index in [-0.39, 0.29) is 5.54 Å². The normalized spacial score (nSPS) is 42.9. The minimum atomic E-state index is 0.164. The van der Waals surface area contributed by atoms with Gasteiger partial charge in [-0.15, -0.1) is 0 Å². The van der Waals surface area contributed by atoms with Gasteiger partial charge in [0.15, 0.2) is 0 Å². The zero-order valence-electron chi connectivity index (χ0n) is 11.8. The molecule has 0 aromatic rings.